The van der Waals surface area contributed by atoms with Crippen LogP contribution in [0.3, 0.4) is 0 Å². The molecule has 0 spiro atoms. The molecule has 7 heterocycles. The minimum atomic E-state index is -0.386. The van der Waals surface area contributed by atoms with Crippen LogP contribution in [0, 0.1) is 5.82 Å². The topological polar surface area (TPSA) is 75.0 Å². The van der Waals surface area contributed by atoms with E-state index in [1.165, 1.54) is 37.7 Å². The molecule has 7 rings (SSSR count). The summed E-state index contributed by atoms with van der Waals surface area (Å²) in [6.07, 6.45) is 9.44. The van der Waals surface area contributed by atoms with E-state index in [-0.39, 0.29) is 11.4 Å². The van der Waals surface area contributed by atoms with Gasteiger partial charge in [0.25, 0.3) is 0 Å². The first-order chi connectivity index (χ1) is 18.9. The molecule has 8 nitrogen and oxygen atoms in total. The van der Waals surface area contributed by atoms with E-state index in [2.05, 4.69) is 61.5 Å². The van der Waals surface area contributed by atoms with Crippen LogP contribution in [0.5, 0.6) is 0 Å². The van der Waals surface area contributed by atoms with Crippen LogP contribution in [0.4, 0.5) is 16.0 Å². The monoisotopic (exact) mass is 526 g/mol. The summed E-state index contributed by atoms with van der Waals surface area (Å²) in [5.41, 5.74) is 3.99. The van der Waals surface area contributed by atoms with Crippen LogP contribution < -0.4 is 5.32 Å². The summed E-state index contributed by atoms with van der Waals surface area (Å²) in [6.45, 7) is 11.1. The summed E-state index contributed by atoms with van der Waals surface area (Å²) >= 11 is 0. The lowest BCUT2D eigenvalue weighted by atomic mass is 10.0. The zero-order valence-corrected chi connectivity index (χ0v) is 22.9. The number of aryl methyl sites for hydroxylation is 1. The van der Waals surface area contributed by atoms with Crippen molar-refractivity contribution < 1.29 is 4.39 Å². The van der Waals surface area contributed by atoms with Gasteiger partial charge in [-0.2, -0.15) is 0 Å². The van der Waals surface area contributed by atoms with Crippen LogP contribution in [0.15, 0.2) is 42.9 Å². The Morgan fingerprint density at radius 1 is 1.00 bits per heavy atom. The Hall–Kier alpha value is -3.43. The second kappa shape index (κ2) is 9.34. The first kappa shape index (κ1) is 24.6. The number of fused-ring (bicyclic) bond motifs is 5. The predicted octanol–water partition coefficient (Wildman–Crippen LogP) is 5.12. The van der Waals surface area contributed by atoms with Gasteiger partial charge in [0.1, 0.15) is 23.3 Å². The van der Waals surface area contributed by atoms with E-state index in [1.54, 1.807) is 12.3 Å². The third-order valence-electron chi connectivity index (χ3n) is 8.92. The Morgan fingerprint density at radius 3 is 2.54 bits per heavy atom. The number of halogens is 1. The zero-order valence-electron chi connectivity index (χ0n) is 22.9. The number of hydrogen-bond acceptors (Lipinski definition) is 7. The van der Waals surface area contributed by atoms with Gasteiger partial charge in [0.2, 0.25) is 0 Å². The number of hydrogen-bond donors (Lipinski definition) is 1. The van der Waals surface area contributed by atoms with Crippen molar-refractivity contribution in [1.29, 1.82) is 0 Å². The van der Waals surface area contributed by atoms with Crippen LogP contribution in [-0.2, 0) is 18.5 Å². The van der Waals surface area contributed by atoms with Gasteiger partial charge in [-0.15, -0.1) is 0 Å². The minimum Gasteiger partial charge on any atom is -0.325 e. The Kier molecular flexibility index (Phi) is 5.89. The molecule has 2 bridgehead atoms. The van der Waals surface area contributed by atoms with E-state index < -0.39 is 0 Å². The van der Waals surface area contributed by atoms with Crippen molar-refractivity contribution in [3.63, 3.8) is 0 Å². The molecule has 0 aromatic carbocycles. The number of nitrogens with one attached hydrogen (secondary N) is 1. The van der Waals surface area contributed by atoms with Gasteiger partial charge in [0.15, 0.2) is 5.65 Å². The number of pyridine rings is 3. The molecule has 0 amide bonds. The number of nitrogens with zero attached hydrogens (tertiary/aromatic N) is 7. The van der Waals surface area contributed by atoms with Crippen LogP contribution in [0.25, 0.3) is 22.3 Å². The number of anilines is 2. The van der Waals surface area contributed by atoms with Crippen molar-refractivity contribution >= 4 is 22.8 Å². The molecule has 0 saturated carbocycles. The fraction of sp³-hybridized carbons (Fsp3) is 0.467. The van der Waals surface area contributed by atoms with Crippen molar-refractivity contribution in [3.05, 3.63) is 60.1 Å². The summed E-state index contributed by atoms with van der Waals surface area (Å²) in [4.78, 5) is 23.4. The fourth-order valence-corrected chi connectivity index (χ4v) is 6.78. The lowest BCUT2D eigenvalue weighted by Gasteiger charge is -2.40. The average molecular weight is 527 g/mol. The molecule has 3 aliphatic rings. The number of rotatable bonds is 6. The highest BCUT2D eigenvalue weighted by Gasteiger charge is 2.39. The van der Waals surface area contributed by atoms with Crippen LogP contribution in [0.1, 0.15) is 51.4 Å². The number of imidazole rings is 1. The Labute approximate surface area is 228 Å². The van der Waals surface area contributed by atoms with Crippen molar-refractivity contribution in [2.24, 2.45) is 0 Å². The average Bonchev–Trinajstić information content (AvgIpc) is 3.53. The molecule has 2 saturated heterocycles. The lowest BCUT2D eigenvalue weighted by molar-refractivity contribution is 0.0641. The normalized spacial score (nSPS) is 22.5. The molecular weight excluding hydrogens is 491 g/mol. The third kappa shape index (κ3) is 4.37. The predicted molar refractivity (Wildman–Crippen MR) is 150 cm³/mol. The molecule has 0 aliphatic carbocycles. The number of likely N-dealkylation sites (N-methyl/N-ethyl adjacent to an activating group) is 1. The van der Waals surface area contributed by atoms with E-state index in [1.807, 2.05) is 18.3 Å². The van der Waals surface area contributed by atoms with E-state index in [4.69, 9.17) is 4.98 Å². The molecule has 2 fully saturated rings. The SMILES string of the molecule is CCN1CC2CCC(C1)N2Cc1ccc(Nc2cc(-c3cnc4nc5n(c4c3)C(C)(C)CC5)c(F)cn2)nc1. The molecule has 1 N–H and O–H groups in total. The second-order valence-corrected chi connectivity index (χ2v) is 11.9. The highest BCUT2D eigenvalue weighted by molar-refractivity contribution is 5.80. The van der Waals surface area contributed by atoms with Crippen molar-refractivity contribution in [2.75, 3.05) is 25.0 Å². The number of likely N-dealkylation sites (tertiary alicyclic amines) is 1. The van der Waals surface area contributed by atoms with Gasteiger partial charge in [-0.1, -0.05) is 13.0 Å². The summed E-state index contributed by atoms with van der Waals surface area (Å²) in [5.74, 6) is 1.89. The molecule has 202 valence electrons. The van der Waals surface area contributed by atoms with Gasteiger partial charge < -0.3 is 14.8 Å². The maximum atomic E-state index is 15.0. The molecule has 4 aromatic rings. The maximum absolute atomic E-state index is 15.0. The van der Waals surface area contributed by atoms with Crippen LogP contribution in [0.2, 0.25) is 0 Å². The van der Waals surface area contributed by atoms with Crippen LogP contribution in [-0.4, -0.2) is 66.0 Å². The van der Waals surface area contributed by atoms with Gasteiger partial charge in [0, 0.05) is 67.2 Å². The van der Waals surface area contributed by atoms with E-state index in [9.17, 15) is 4.39 Å². The van der Waals surface area contributed by atoms with Gasteiger partial charge in [-0.25, -0.2) is 24.3 Å². The molecule has 2 atom stereocenters. The molecule has 4 aromatic heterocycles. The van der Waals surface area contributed by atoms with Crippen molar-refractivity contribution in [1.82, 2.24) is 34.3 Å². The minimum absolute atomic E-state index is 0.0326. The summed E-state index contributed by atoms with van der Waals surface area (Å²) < 4.78 is 17.2. The largest absolute Gasteiger partial charge is 0.325 e. The van der Waals surface area contributed by atoms with Crippen molar-refractivity contribution in [3.8, 4) is 11.1 Å². The highest BCUT2D eigenvalue weighted by atomic mass is 19.1. The van der Waals surface area contributed by atoms with Crippen molar-refractivity contribution in [2.45, 2.75) is 70.6 Å². The first-order valence-corrected chi connectivity index (χ1v) is 14.1. The fourth-order valence-electron chi connectivity index (χ4n) is 6.78. The van der Waals surface area contributed by atoms with E-state index in [0.717, 1.165) is 37.3 Å². The Bertz CT molecular complexity index is 1510. The summed E-state index contributed by atoms with van der Waals surface area (Å²) in [7, 11) is 0. The van der Waals surface area contributed by atoms with E-state index in [0.29, 0.717) is 40.5 Å². The summed E-state index contributed by atoms with van der Waals surface area (Å²) in [6, 6.07) is 9.12. The lowest BCUT2D eigenvalue weighted by Crippen LogP contribution is -2.52. The van der Waals surface area contributed by atoms with Gasteiger partial charge in [0.05, 0.1) is 11.7 Å². The standard InChI is InChI=1S/C30H35FN8/c1-4-37-17-21-6-7-22(18-37)38(21)16-19-5-8-26(32-13-19)35-27-12-23(24(31)15-33-27)20-11-25-29(34-14-20)36-28-9-10-30(2,3)39(25)28/h5,8,11-15,21-22H,4,6-7,9-10,16-18H2,1-3H3,(H,32,33,35). The number of piperazine rings is 1. The Morgan fingerprint density at radius 2 is 1.79 bits per heavy atom. The van der Waals surface area contributed by atoms with Gasteiger partial charge >= 0.3 is 0 Å². The maximum Gasteiger partial charge on any atom is 0.177 e. The quantitative estimate of drug-likeness (QED) is 0.374. The molecule has 9 heteroatoms. The summed E-state index contributed by atoms with van der Waals surface area (Å²) in [5, 5.41) is 3.26. The third-order valence-corrected chi connectivity index (χ3v) is 8.92. The molecular formula is C30H35FN8. The number of aromatic nitrogens is 5. The van der Waals surface area contributed by atoms with E-state index >= 15 is 0 Å². The Balaban J connectivity index is 1.09. The van der Waals surface area contributed by atoms with Crippen LogP contribution >= 0.6 is 0 Å². The second-order valence-electron chi connectivity index (χ2n) is 11.9. The molecule has 2 unspecified atom stereocenters. The smallest absolute Gasteiger partial charge is 0.177 e. The zero-order chi connectivity index (χ0) is 26.7. The molecule has 39 heavy (non-hydrogen) atoms. The molecule has 3 aliphatic heterocycles. The van der Waals surface area contributed by atoms with Gasteiger partial charge in [-0.05, 0) is 63.4 Å². The highest BCUT2D eigenvalue weighted by Crippen LogP contribution is 2.37. The molecule has 0 radical (unpaired) electrons. The van der Waals surface area contributed by atoms with Gasteiger partial charge in [-0.3, -0.25) is 4.90 Å². The first-order valence-electron chi connectivity index (χ1n) is 14.1.